The molecule has 0 N–H and O–H groups in total. The number of benzene rings is 4. The van der Waals surface area contributed by atoms with E-state index in [1.54, 1.807) is 25.1 Å². The van der Waals surface area contributed by atoms with E-state index in [1.807, 2.05) is 39.2 Å². The van der Waals surface area contributed by atoms with Crippen molar-refractivity contribution in [2.75, 3.05) is 0 Å². The van der Waals surface area contributed by atoms with Crippen LogP contribution in [0.15, 0.2) is 54.9 Å². The van der Waals surface area contributed by atoms with Gasteiger partial charge in [0.2, 0.25) is 0 Å². The van der Waals surface area contributed by atoms with Gasteiger partial charge in [-0.05, 0) is 81.6 Å². The maximum atomic E-state index is 13.6. The fraction of sp³-hybridized carbons (Fsp3) is 0.200. The maximum Gasteiger partial charge on any atom is 0.139 e. The number of hydrogen-bond donors (Lipinski definition) is 0. The Morgan fingerprint density at radius 3 is 1.65 bits per heavy atom. The second-order valence-corrected chi connectivity index (χ2v) is 8.97. The lowest BCUT2D eigenvalue weighted by Crippen LogP contribution is -1.94. The highest BCUT2D eigenvalue weighted by molar-refractivity contribution is 5.85. The Balaban J connectivity index is 0.000000161. The molecule has 0 amide bonds. The number of nitrogens with zero attached hydrogens (tertiary/aromatic N) is 2. The van der Waals surface area contributed by atoms with E-state index in [2.05, 4.69) is 9.97 Å². The molecular formula is C30H27F5N2. The topological polar surface area (TPSA) is 25.8 Å². The number of rotatable bonds is 0. The van der Waals surface area contributed by atoms with Crippen molar-refractivity contribution in [3.05, 3.63) is 118 Å². The molecule has 37 heavy (non-hydrogen) atoms. The Bertz CT molecular complexity index is 1560. The molecule has 0 unspecified atom stereocenters. The van der Waals surface area contributed by atoms with Gasteiger partial charge < -0.3 is 0 Å². The first-order chi connectivity index (χ1) is 17.4. The first-order valence-electron chi connectivity index (χ1n) is 11.5. The second-order valence-electron chi connectivity index (χ2n) is 8.97. The summed E-state index contributed by atoms with van der Waals surface area (Å²) in [6, 6.07) is 10.6. The quantitative estimate of drug-likeness (QED) is 0.195. The molecule has 0 atom stereocenters. The first kappa shape index (κ1) is 27.7. The molecule has 2 nitrogen and oxygen atoms in total. The predicted molar refractivity (Wildman–Crippen MR) is 138 cm³/mol. The Kier molecular flexibility index (Phi) is 8.58. The van der Waals surface area contributed by atoms with Crippen LogP contribution in [-0.2, 0) is 0 Å². The van der Waals surface area contributed by atoms with Crippen LogP contribution in [0.3, 0.4) is 0 Å². The van der Waals surface area contributed by atoms with Crippen LogP contribution < -0.4 is 0 Å². The molecule has 7 heteroatoms. The molecule has 0 aliphatic carbocycles. The standard InChI is InChI=1S/C12H9F3.C12H10F2.C6H8N2/c1-6-3-8-5-9(13)7(2)12(15)11(8)10(14)4-6;1-7-3-4-10-9(5-7)6-11(13)8(2)12(10)14;1-5-3-7-6(2)8-4-5/h3-5H,1-2H3;3-6H,1-2H3;3-4H,1-2H3. The summed E-state index contributed by atoms with van der Waals surface area (Å²) in [5.41, 5.74) is 2.69. The molecule has 4 aromatic carbocycles. The van der Waals surface area contributed by atoms with Crippen LogP contribution in [0.4, 0.5) is 22.0 Å². The third kappa shape index (κ3) is 6.47. The van der Waals surface area contributed by atoms with Crippen LogP contribution in [0.5, 0.6) is 0 Å². The molecule has 0 aliphatic rings. The Hall–Kier alpha value is -3.87. The van der Waals surface area contributed by atoms with Gasteiger partial charge in [0, 0.05) is 28.9 Å². The van der Waals surface area contributed by atoms with Gasteiger partial charge in [0.1, 0.15) is 34.9 Å². The zero-order valence-corrected chi connectivity index (χ0v) is 21.5. The summed E-state index contributed by atoms with van der Waals surface area (Å²) < 4.78 is 67.0. The summed E-state index contributed by atoms with van der Waals surface area (Å²) in [5.74, 6) is -2.23. The van der Waals surface area contributed by atoms with E-state index in [1.165, 1.54) is 26.0 Å². The summed E-state index contributed by atoms with van der Waals surface area (Å²) in [4.78, 5) is 7.94. The molecule has 1 heterocycles. The fourth-order valence-corrected chi connectivity index (χ4v) is 3.66. The predicted octanol–water partition coefficient (Wildman–Crippen LogP) is 8.70. The van der Waals surface area contributed by atoms with Gasteiger partial charge in [0.25, 0.3) is 0 Å². The van der Waals surface area contributed by atoms with E-state index in [0.717, 1.165) is 23.0 Å². The summed E-state index contributed by atoms with van der Waals surface area (Å²) in [6.45, 7) is 10.2. The highest BCUT2D eigenvalue weighted by Crippen LogP contribution is 2.27. The van der Waals surface area contributed by atoms with Gasteiger partial charge in [0.15, 0.2) is 0 Å². The van der Waals surface area contributed by atoms with Crippen LogP contribution in [0.2, 0.25) is 0 Å². The first-order valence-corrected chi connectivity index (χ1v) is 11.5. The van der Waals surface area contributed by atoms with Crippen LogP contribution in [-0.4, -0.2) is 9.97 Å². The lowest BCUT2D eigenvalue weighted by Gasteiger charge is -2.06. The van der Waals surface area contributed by atoms with Gasteiger partial charge in [-0.1, -0.05) is 29.8 Å². The average Bonchev–Trinajstić information content (AvgIpc) is 2.83. The van der Waals surface area contributed by atoms with E-state index >= 15 is 0 Å². The van der Waals surface area contributed by atoms with Crippen molar-refractivity contribution in [1.82, 2.24) is 9.97 Å². The van der Waals surface area contributed by atoms with Crippen LogP contribution in [0.1, 0.15) is 33.6 Å². The minimum Gasteiger partial charge on any atom is -0.241 e. The average molecular weight is 511 g/mol. The number of aryl methyl sites for hydroxylation is 4. The fourth-order valence-electron chi connectivity index (χ4n) is 3.66. The zero-order chi connectivity index (χ0) is 27.4. The van der Waals surface area contributed by atoms with Crippen molar-refractivity contribution < 1.29 is 22.0 Å². The Morgan fingerprint density at radius 1 is 0.514 bits per heavy atom. The molecule has 0 spiro atoms. The van der Waals surface area contributed by atoms with Gasteiger partial charge >= 0.3 is 0 Å². The van der Waals surface area contributed by atoms with Crippen LogP contribution in [0.25, 0.3) is 21.5 Å². The van der Waals surface area contributed by atoms with E-state index in [9.17, 15) is 22.0 Å². The lowest BCUT2D eigenvalue weighted by atomic mass is 10.0. The van der Waals surface area contributed by atoms with E-state index < -0.39 is 29.1 Å². The largest absolute Gasteiger partial charge is 0.241 e. The minimum atomic E-state index is -0.817. The molecule has 1 aromatic heterocycles. The van der Waals surface area contributed by atoms with Crippen molar-refractivity contribution >= 4 is 21.5 Å². The number of aromatic nitrogens is 2. The summed E-state index contributed by atoms with van der Waals surface area (Å²) in [5, 5.41) is 1.22. The van der Waals surface area contributed by atoms with Crippen molar-refractivity contribution in [2.45, 2.75) is 41.5 Å². The SMILES string of the molecule is Cc1cc(F)c2c(F)c(C)c(F)cc2c1.Cc1ccc2c(F)c(C)c(F)cc2c1.Cc1cnc(C)nc1. The smallest absolute Gasteiger partial charge is 0.139 e. The third-order valence-corrected chi connectivity index (χ3v) is 5.78. The monoisotopic (exact) mass is 510 g/mol. The molecule has 0 fully saturated rings. The molecule has 0 radical (unpaired) electrons. The molecular weight excluding hydrogens is 483 g/mol. The van der Waals surface area contributed by atoms with Crippen molar-refractivity contribution in [3.8, 4) is 0 Å². The molecule has 192 valence electrons. The van der Waals surface area contributed by atoms with E-state index in [-0.39, 0.29) is 21.9 Å². The van der Waals surface area contributed by atoms with Crippen LogP contribution in [0, 0.1) is 70.6 Å². The van der Waals surface area contributed by atoms with E-state index in [4.69, 9.17) is 0 Å². The molecule has 0 saturated heterocycles. The zero-order valence-electron chi connectivity index (χ0n) is 21.5. The molecule has 5 rings (SSSR count). The Labute approximate surface area is 212 Å². The molecule has 5 aromatic rings. The second kappa shape index (κ2) is 11.5. The summed E-state index contributed by atoms with van der Waals surface area (Å²) >= 11 is 0. The van der Waals surface area contributed by atoms with Crippen molar-refractivity contribution in [3.63, 3.8) is 0 Å². The molecule has 0 aliphatic heterocycles. The number of fused-ring (bicyclic) bond motifs is 2. The normalized spacial score (nSPS) is 10.6. The van der Waals surface area contributed by atoms with Gasteiger partial charge in [-0.2, -0.15) is 0 Å². The van der Waals surface area contributed by atoms with Gasteiger partial charge in [-0.3, -0.25) is 0 Å². The van der Waals surface area contributed by atoms with Crippen molar-refractivity contribution in [2.24, 2.45) is 0 Å². The van der Waals surface area contributed by atoms with Crippen molar-refractivity contribution in [1.29, 1.82) is 0 Å². The van der Waals surface area contributed by atoms with Gasteiger partial charge in [-0.15, -0.1) is 0 Å². The van der Waals surface area contributed by atoms with E-state index in [0.29, 0.717) is 16.3 Å². The van der Waals surface area contributed by atoms with Gasteiger partial charge in [-0.25, -0.2) is 31.9 Å². The maximum absolute atomic E-state index is 13.6. The highest BCUT2D eigenvalue weighted by Gasteiger charge is 2.14. The Morgan fingerprint density at radius 2 is 1.05 bits per heavy atom. The summed E-state index contributed by atoms with van der Waals surface area (Å²) in [7, 11) is 0. The highest BCUT2D eigenvalue weighted by atomic mass is 19.2. The molecule has 0 bridgehead atoms. The number of hydrogen-bond acceptors (Lipinski definition) is 2. The minimum absolute atomic E-state index is 0.0846. The lowest BCUT2D eigenvalue weighted by molar-refractivity contribution is 0.568. The number of halogens is 5. The van der Waals surface area contributed by atoms with Crippen LogP contribution >= 0.6 is 0 Å². The summed E-state index contributed by atoms with van der Waals surface area (Å²) in [6.07, 6.45) is 3.62. The third-order valence-electron chi connectivity index (χ3n) is 5.78. The van der Waals surface area contributed by atoms with Gasteiger partial charge in [0.05, 0.1) is 5.39 Å². The molecule has 0 saturated carbocycles.